The number of ether oxygens (including phenoxy) is 2. The Bertz CT molecular complexity index is 758. The standard InChI is InChI=1S/C18H24N2O4/c1-3-20(16-10-23-11-17(16)21)9-13-7-12-8-14(24-4-2)5-6-15(12)19-18(13)22/h5-8,16-17,21H,3-4,9-11H2,1-2H3,(H,19,22)/t16-,17-/m0/s1. The molecule has 0 spiro atoms. The average Bonchev–Trinajstić information content (AvgIpc) is 2.99. The summed E-state index contributed by atoms with van der Waals surface area (Å²) < 4.78 is 10.9. The van der Waals surface area contributed by atoms with Gasteiger partial charge in [-0.25, -0.2) is 0 Å². The maximum atomic E-state index is 12.4. The van der Waals surface area contributed by atoms with Crippen molar-refractivity contribution in [2.75, 3.05) is 26.4 Å². The topological polar surface area (TPSA) is 74.8 Å². The van der Waals surface area contributed by atoms with Gasteiger partial charge in [0.1, 0.15) is 5.75 Å². The molecule has 2 aromatic rings. The molecule has 2 N–H and O–H groups in total. The lowest BCUT2D eigenvalue weighted by Crippen LogP contribution is -2.43. The van der Waals surface area contributed by atoms with Crippen LogP contribution in [0, 0.1) is 0 Å². The van der Waals surface area contributed by atoms with Crippen molar-refractivity contribution in [1.29, 1.82) is 0 Å². The molecule has 0 aliphatic carbocycles. The van der Waals surface area contributed by atoms with Gasteiger partial charge < -0.3 is 19.6 Å². The van der Waals surface area contributed by atoms with E-state index in [1.165, 1.54) is 0 Å². The number of aromatic nitrogens is 1. The Kier molecular flexibility index (Phi) is 5.18. The van der Waals surface area contributed by atoms with Crippen LogP contribution in [-0.2, 0) is 11.3 Å². The van der Waals surface area contributed by atoms with Gasteiger partial charge in [0.15, 0.2) is 0 Å². The van der Waals surface area contributed by atoms with Crippen LogP contribution in [0.4, 0.5) is 0 Å². The lowest BCUT2D eigenvalue weighted by Gasteiger charge is -2.28. The second-order valence-electron chi connectivity index (χ2n) is 6.04. The van der Waals surface area contributed by atoms with E-state index in [9.17, 15) is 9.90 Å². The first-order valence-electron chi connectivity index (χ1n) is 8.41. The fourth-order valence-electron chi connectivity index (χ4n) is 3.17. The van der Waals surface area contributed by atoms with Crippen LogP contribution in [0.1, 0.15) is 19.4 Å². The van der Waals surface area contributed by atoms with Gasteiger partial charge in [-0.15, -0.1) is 0 Å². The van der Waals surface area contributed by atoms with E-state index >= 15 is 0 Å². The molecule has 3 rings (SSSR count). The quantitative estimate of drug-likeness (QED) is 0.839. The predicted molar refractivity (Wildman–Crippen MR) is 92.4 cm³/mol. The zero-order valence-electron chi connectivity index (χ0n) is 14.1. The summed E-state index contributed by atoms with van der Waals surface area (Å²) in [5, 5.41) is 11.0. The maximum Gasteiger partial charge on any atom is 0.252 e. The molecule has 2 heterocycles. The number of nitrogens with zero attached hydrogens (tertiary/aromatic N) is 1. The summed E-state index contributed by atoms with van der Waals surface area (Å²) in [6.45, 7) is 6.63. The van der Waals surface area contributed by atoms with E-state index < -0.39 is 6.10 Å². The number of rotatable bonds is 6. The van der Waals surface area contributed by atoms with Crippen LogP contribution in [-0.4, -0.2) is 53.5 Å². The van der Waals surface area contributed by atoms with E-state index in [2.05, 4.69) is 9.88 Å². The van der Waals surface area contributed by atoms with Crippen LogP contribution in [0.15, 0.2) is 29.1 Å². The van der Waals surface area contributed by atoms with Crippen molar-refractivity contribution in [3.8, 4) is 5.75 Å². The molecule has 1 saturated heterocycles. The third-order valence-electron chi connectivity index (χ3n) is 4.47. The highest BCUT2D eigenvalue weighted by Crippen LogP contribution is 2.21. The summed E-state index contributed by atoms with van der Waals surface area (Å²) in [5.41, 5.74) is 1.37. The van der Waals surface area contributed by atoms with Gasteiger partial charge in [-0.3, -0.25) is 9.69 Å². The summed E-state index contributed by atoms with van der Waals surface area (Å²) in [4.78, 5) is 17.4. The third kappa shape index (κ3) is 3.45. The molecule has 0 saturated carbocycles. The van der Waals surface area contributed by atoms with E-state index in [0.29, 0.717) is 31.9 Å². The number of likely N-dealkylation sites (N-methyl/N-ethyl adjacent to an activating group) is 1. The zero-order valence-corrected chi connectivity index (χ0v) is 14.1. The number of hydrogen-bond donors (Lipinski definition) is 2. The molecule has 1 fully saturated rings. The fourth-order valence-corrected chi connectivity index (χ4v) is 3.17. The van der Waals surface area contributed by atoms with Gasteiger partial charge in [0.05, 0.1) is 32.0 Å². The van der Waals surface area contributed by atoms with Gasteiger partial charge in [-0.1, -0.05) is 6.92 Å². The molecule has 1 aromatic carbocycles. The van der Waals surface area contributed by atoms with Gasteiger partial charge in [-0.05, 0) is 37.7 Å². The van der Waals surface area contributed by atoms with Gasteiger partial charge >= 0.3 is 0 Å². The number of hydrogen-bond acceptors (Lipinski definition) is 5. The Morgan fingerprint density at radius 1 is 1.33 bits per heavy atom. The normalized spacial score (nSPS) is 20.8. The maximum absolute atomic E-state index is 12.4. The van der Waals surface area contributed by atoms with Gasteiger partial charge in [0, 0.05) is 23.0 Å². The lowest BCUT2D eigenvalue weighted by molar-refractivity contribution is 0.0806. The minimum atomic E-state index is -0.506. The van der Waals surface area contributed by atoms with Crippen LogP contribution < -0.4 is 10.3 Å². The van der Waals surface area contributed by atoms with E-state index in [4.69, 9.17) is 9.47 Å². The number of aliphatic hydroxyl groups is 1. The van der Waals surface area contributed by atoms with E-state index in [1.807, 2.05) is 38.1 Å². The monoisotopic (exact) mass is 332 g/mol. The number of H-pyrrole nitrogens is 1. The molecular formula is C18H24N2O4. The molecule has 0 bridgehead atoms. The third-order valence-corrected chi connectivity index (χ3v) is 4.47. The van der Waals surface area contributed by atoms with Gasteiger partial charge in [-0.2, -0.15) is 0 Å². The minimum Gasteiger partial charge on any atom is -0.494 e. The Labute approximate surface area is 141 Å². The number of nitrogens with one attached hydrogen (secondary N) is 1. The number of aromatic amines is 1. The van der Waals surface area contributed by atoms with Crippen LogP contribution >= 0.6 is 0 Å². The Morgan fingerprint density at radius 2 is 2.17 bits per heavy atom. The van der Waals surface area contributed by atoms with E-state index in [-0.39, 0.29) is 11.6 Å². The number of pyridine rings is 1. The highest BCUT2D eigenvalue weighted by molar-refractivity contribution is 5.80. The molecule has 0 radical (unpaired) electrons. The van der Waals surface area contributed by atoms with Crippen molar-refractivity contribution in [3.05, 3.63) is 40.2 Å². The molecule has 0 amide bonds. The predicted octanol–water partition coefficient (Wildman–Crippen LogP) is 1.51. The van der Waals surface area contributed by atoms with Crippen molar-refractivity contribution in [1.82, 2.24) is 9.88 Å². The molecule has 6 nitrogen and oxygen atoms in total. The summed E-state index contributed by atoms with van der Waals surface area (Å²) in [6, 6.07) is 7.48. The van der Waals surface area contributed by atoms with Crippen LogP contribution in [0.3, 0.4) is 0 Å². The molecular weight excluding hydrogens is 308 g/mol. The summed E-state index contributed by atoms with van der Waals surface area (Å²) in [7, 11) is 0. The molecule has 130 valence electrons. The SMILES string of the molecule is CCOc1ccc2[nH]c(=O)c(CN(CC)[C@H]3COC[C@@H]3O)cc2c1. The lowest BCUT2D eigenvalue weighted by atomic mass is 10.1. The minimum absolute atomic E-state index is 0.0696. The first-order valence-corrected chi connectivity index (χ1v) is 8.41. The largest absolute Gasteiger partial charge is 0.494 e. The Hall–Kier alpha value is -1.89. The van der Waals surface area contributed by atoms with Crippen molar-refractivity contribution in [3.63, 3.8) is 0 Å². The summed E-state index contributed by atoms with van der Waals surface area (Å²) in [5.74, 6) is 0.787. The zero-order chi connectivity index (χ0) is 17.1. The van der Waals surface area contributed by atoms with Crippen LogP contribution in [0.2, 0.25) is 0 Å². The van der Waals surface area contributed by atoms with Crippen molar-refractivity contribution in [2.24, 2.45) is 0 Å². The fraction of sp³-hybridized carbons (Fsp3) is 0.500. The molecule has 1 aliphatic heterocycles. The Balaban J connectivity index is 1.89. The molecule has 1 aromatic heterocycles. The van der Waals surface area contributed by atoms with Crippen molar-refractivity contribution in [2.45, 2.75) is 32.5 Å². The van der Waals surface area contributed by atoms with E-state index in [0.717, 1.165) is 23.2 Å². The molecule has 6 heteroatoms. The summed E-state index contributed by atoms with van der Waals surface area (Å²) >= 11 is 0. The highest BCUT2D eigenvalue weighted by Gasteiger charge is 2.31. The average molecular weight is 332 g/mol. The van der Waals surface area contributed by atoms with E-state index in [1.54, 1.807) is 0 Å². The molecule has 0 unspecified atom stereocenters. The molecule has 1 aliphatic rings. The van der Waals surface area contributed by atoms with Crippen molar-refractivity contribution >= 4 is 10.9 Å². The summed E-state index contributed by atoms with van der Waals surface area (Å²) in [6.07, 6.45) is -0.506. The van der Waals surface area contributed by atoms with Crippen LogP contribution in [0.5, 0.6) is 5.75 Å². The number of aliphatic hydroxyl groups excluding tert-OH is 1. The number of benzene rings is 1. The first kappa shape index (κ1) is 17.0. The second kappa shape index (κ2) is 7.34. The smallest absolute Gasteiger partial charge is 0.252 e. The van der Waals surface area contributed by atoms with Crippen molar-refractivity contribution < 1.29 is 14.6 Å². The Morgan fingerprint density at radius 3 is 2.83 bits per heavy atom. The highest BCUT2D eigenvalue weighted by atomic mass is 16.5. The van der Waals surface area contributed by atoms with Gasteiger partial charge in [0.25, 0.3) is 5.56 Å². The molecule has 2 atom stereocenters. The molecule has 24 heavy (non-hydrogen) atoms. The first-order chi connectivity index (χ1) is 11.6. The van der Waals surface area contributed by atoms with Gasteiger partial charge in [0.2, 0.25) is 0 Å². The second-order valence-corrected chi connectivity index (χ2v) is 6.04. The van der Waals surface area contributed by atoms with Crippen LogP contribution in [0.25, 0.3) is 10.9 Å². The number of fused-ring (bicyclic) bond motifs is 1.